The first kappa shape index (κ1) is 24.9. The molecular weight excluding hydrogens is 467 g/mol. The molecular formula is C23H26ClFN4O3S. The predicted molar refractivity (Wildman–Crippen MR) is 127 cm³/mol. The van der Waals surface area contributed by atoms with E-state index < -0.39 is 10.0 Å². The highest BCUT2D eigenvalue weighted by molar-refractivity contribution is 7.89. The molecule has 0 saturated carbocycles. The third kappa shape index (κ3) is 5.26. The average Bonchev–Trinajstić information content (AvgIpc) is 3.04. The van der Waals surface area contributed by atoms with Gasteiger partial charge in [0.05, 0.1) is 22.8 Å². The van der Waals surface area contributed by atoms with E-state index in [4.69, 9.17) is 11.6 Å². The summed E-state index contributed by atoms with van der Waals surface area (Å²) in [5.74, 6) is -0.668. The van der Waals surface area contributed by atoms with Gasteiger partial charge in [0.15, 0.2) is 0 Å². The van der Waals surface area contributed by atoms with Crippen molar-refractivity contribution >= 4 is 33.2 Å². The number of sulfonamides is 1. The number of hydrogen-bond acceptors (Lipinski definition) is 4. The summed E-state index contributed by atoms with van der Waals surface area (Å²) in [6.07, 6.45) is 0.0413. The molecule has 0 radical (unpaired) electrons. The van der Waals surface area contributed by atoms with Crippen molar-refractivity contribution in [3.63, 3.8) is 0 Å². The number of aromatic nitrogens is 2. The summed E-state index contributed by atoms with van der Waals surface area (Å²) in [5.41, 5.74) is 3.19. The lowest BCUT2D eigenvalue weighted by Crippen LogP contribution is -2.31. The minimum Gasteiger partial charge on any atom is -0.326 e. The van der Waals surface area contributed by atoms with Crippen molar-refractivity contribution in [1.82, 2.24) is 14.1 Å². The van der Waals surface area contributed by atoms with E-state index in [1.165, 1.54) is 28.6 Å². The molecule has 1 aromatic heterocycles. The Morgan fingerprint density at radius 2 is 1.76 bits per heavy atom. The normalized spacial score (nSPS) is 11.7. The van der Waals surface area contributed by atoms with Gasteiger partial charge in [-0.2, -0.15) is 9.40 Å². The number of nitrogens with one attached hydrogen (secondary N) is 1. The first-order valence-electron chi connectivity index (χ1n) is 10.5. The van der Waals surface area contributed by atoms with Gasteiger partial charge in [0.25, 0.3) is 0 Å². The van der Waals surface area contributed by atoms with E-state index in [1.54, 1.807) is 43.7 Å². The molecule has 0 atom stereocenters. The van der Waals surface area contributed by atoms with Crippen molar-refractivity contribution < 1.29 is 17.6 Å². The van der Waals surface area contributed by atoms with Gasteiger partial charge in [0.1, 0.15) is 10.7 Å². The fourth-order valence-corrected chi connectivity index (χ4v) is 5.57. The number of amides is 1. The molecule has 0 saturated heterocycles. The van der Waals surface area contributed by atoms with Crippen molar-refractivity contribution in [1.29, 1.82) is 0 Å². The summed E-state index contributed by atoms with van der Waals surface area (Å²) >= 11 is 6.16. The van der Waals surface area contributed by atoms with Crippen LogP contribution in [0.5, 0.6) is 0 Å². The molecule has 1 amide bonds. The molecule has 0 aliphatic heterocycles. The van der Waals surface area contributed by atoms with Gasteiger partial charge in [-0.05, 0) is 56.3 Å². The second kappa shape index (κ2) is 10.0. The number of carbonyl (C=O) groups is 1. The van der Waals surface area contributed by atoms with Crippen LogP contribution in [0.4, 0.5) is 10.1 Å². The average molecular weight is 493 g/mol. The van der Waals surface area contributed by atoms with Crippen LogP contribution in [-0.4, -0.2) is 41.5 Å². The van der Waals surface area contributed by atoms with Gasteiger partial charge >= 0.3 is 0 Å². The van der Waals surface area contributed by atoms with Crippen LogP contribution in [0, 0.1) is 19.7 Å². The zero-order valence-corrected chi connectivity index (χ0v) is 20.5. The summed E-state index contributed by atoms with van der Waals surface area (Å²) < 4.78 is 42.0. The van der Waals surface area contributed by atoms with Crippen LogP contribution >= 0.6 is 11.6 Å². The molecule has 3 rings (SSSR count). The second-order valence-electron chi connectivity index (χ2n) is 7.50. The van der Waals surface area contributed by atoms with Gasteiger partial charge in [-0.3, -0.25) is 4.79 Å². The lowest BCUT2D eigenvalue weighted by molar-refractivity contribution is -0.115. The zero-order valence-electron chi connectivity index (χ0n) is 18.9. The molecule has 0 unspecified atom stereocenters. The van der Waals surface area contributed by atoms with Gasteiger partial charge in [0, 0.05) is 30.0 Å². The molecule has 0 fully saturated rings. The van der Waals surface area contributed by atoms with E-state index in [1.807, 2.05) is 6.92 Å². The minimum atomic E-state index is -3.78. The number of carbonyl (C=O) groups excluding carboxylic acids is 1. The Morgan fingerprint density at radius 1 is 1.12 bits per heavy atom. The Hall–Kier alpha value is -2.75. The summed E-state index contributed by atoms with van der Waals surface area (Å²) in [5, 5.41) is 7.32. The van der Waals surface area contributed by atoms with Crippen LogP contribution in [0.15, 0.2) is 47.4 Å². The van der Waals surface area contributed by atoms with E-state index in [-0.39, 0.29) is 28.1 Å². The molecule has 0 bridgehead atoms. The zero-order chi connectivity index (χ0) is 24.3. The number of hydrogen-bond donors (Lipinski definition) is 1. The first-order chi connectivity index (χ1) is 15.6. The van der Waals surface area contributed by atoms with Crippen molar-refractivity contribution in [3.8, 4) is 5.69 Å². The molecule has 0 aliphatic carbocycles. The quantitative estimate of drug-likeness (QED) is 0.502. The van der Waals surface area contributed by atoms with Crippen molar-refractivity contribution in [3.05, 3.63) is 70.3 Å². The standard InChI is InChI=1S/C23H26ClFN4O3S/c1-5-28(6-2)33(31,32)22-13-18(9-12-21(22)24)26-23(30)14-20-15(3)27-29(16(20)4)19-10-7-17(25)8-11-19/h7-13H,5-6,14H2,1-4H3,(H,26,30). The molecule has 3 aromatic rings. The van der Waals surface area contributed by atoms with E-state index in [2.05, 4.69) is 10.4 Å². The van der Waals surface area contributed by atoms with E-state index >= 15 is 0 Å². The lowest BCUT2D eigenvalue weighted by Gasteiger charge is -2.19. The van der Waals surface area contributed by atoms with Crippen molar-refractivity contribution in [2.45, 2.75) is 39.0 Å². The Balaban J connectivity index is 1.83. The molecule has 33 heavy (non-hydrogen) atoms. The summed E-state index contributed by atoms with van der Waals surface area (Å²) in [6.45, 7) is 7.75. The van der Waals surface area contributed by atoms with Crippen LogP contribution in [0.3, 0.4) is 0 Å². The summed E-state index contributed by atoms with van der Waals surface area (Å²) in [4.78, 5) is 12.7. The van der Waals surface area contributed by atoms with Crippen molar-refractivity contribution in [2.24, 2.45) is 0 Å². The van der Waals surface area contributed by atoms with Crippen molar-refractivity contribution in [2.75, 3.05) is 18.4 Å². The number of anilines is 1. The fraction of sp³-hybridized carbons (Fsp3) is 0.304. The molecule has 0 spiro atoms. The minimum absolute atomic E-state index is 0.0413. The molecule has 2 aromatic carbocycles. The lowest BCUT2D eigenvalue weighted by atomic mass is 10.1. The second-order valence-corrected chi connectivity index (χ2v) is 9.81. The smallest absolute Gasteiger partial charge is 0.244 e. The molecule has 1 heterocycles. The van der Waals surface area contributed by atoms with Crippen LogP contribution in [-0.2, 0) is 21.2 Å². The largest absolute Gasteiger partial charge is 0.326 e. The van der Waals surface area contributed by atoms with Gasteiger partial charge in [0.2, 0.25) is 15.9 Å². The summed E-state index contributed by atoms with van der Waals surface area (Å²) in [6, 6.07) is 10.3. The third-order valence-corrected chi connectivity index (χ3v) is 7.92. The van der Waals surface area contributed by atoms with Crippen LogP contribution in [0.2, 0.25) is 5.02 Å². The Bertz CT molecular complexity index is 1270. The van der Waals surface area contributed by atoms with E-state index in [9.17, 15) is 17.6 Å². The molecule has 7 nitrogen and oxygen atoms in total. The highest BCUT2D eigenvalue weighted by Crippen LogP contribution is 2.28. The number of nitrogens with zero attached hydrogens (tertiary/aromatic N) is 3. The Kier molecular flexibility index (Phi) is 7.56. The molecule has 176 valence electrons. The summed E-state index contributed by atoms with van der Waals surface area (Å²) in [7, 11) is -3.78. The number of aryl methyl sites for hydroxylation is 1. The van der Waals surface area contributed by atoms with Crippen LogP contribution in [0.25, 0.3) is 5.69 Å². The highest BCUT2D eigenvalue weighted by atomic mass is 35.5. The first-order valence-corrected chi connectivity index (χ1v) is 12.3. The maximum Gasteiger partial charge on any atom is 0.244 e. The number of benzene rings is 2. The van der Waals surface area contributed by atoms with Crippen LogP contribution in [0.1, 0.15) is 30.8 Å². The highest BCUT2D eigenvalue weighted by Gasteiger charge is 2.25. The van der Waals surface area contributed by atoms with E-state index in [0.717, 1.165) is 11.3 Å². The maximum atomic E-state index is 13.2. The van der Waals surface area contributed by atoms with Gasteiger partial charge in [-0.15, -0.1) is 0 Å². The number of rotatable bonds is 8. The topological polar surface area (TPSA) is 84.3 Å². The molecule has 1 N–H and O–H groups in total. The van der Waals surface area contributed by atoms with Crippen LogP contribution < -0.4 is 5.32 Å². The molecule has 10 heteroatoms. The number of halogens is 2. The predicted octanol–water partition coefficient (Wildman–Crippen LogP) is 4.49. The Labute approximate surface area is 198 Å². The third-order valence-electron chi connectivity index (χ3n) is 5.39. The monoisotopic (exact) mass is 492 g/mol. The van der Waals surface area contributed by atoms with Gasteiger partial charge < -0.3 is 5.32 Å². The Morgan fingerprint density at radius 3 is 2.36 bits per heavy atom. The van der Waals surface area contributed by atoms with E-state index in [0.29, 0.717) is 30.2 Å². The SMILES string of the molecule is CCN(CC)S(=O)(=O)c1cc(NC(=O)Cc2c(C)nn(-c3ccc(F)cc3)c2C)ccc1Cl. The fourth-order valence-electron chi connectivity index (χ4n) is 3.61. The molecule has 0 aliphatic rings. The maximum absolute atomic E-state index is 13.2. The van der Waals surface area contributed by atoms with Gasteiger partial charge in [-0.25, -0.2) is 17.5 Å². The van der Waals surface area contributed by atoms with Gasteiger partial charge in [-0.1, -0.05) is 25.4 Å².